The minimum atomic E-state index is 0.555. The van der Waals surface area contributed by atoms with E-state index in [-0.39, 0.29) is 0 Å². The monoisotopic (exact) mass is 238 g/mol. The van der Waals surface area contributed by atoms with Gasteiger partial charge in [0, 0.05) is 24.8 Å². The molecule has 18 heavy (non-hydrogen) atoms. The van der Waals surface area contributed by atoms with E-state index in [0.29, 0.717) is 33.7 Å². The van der Waals surface area contributed by atoms with E-state index >= 15 is 0 Å². The third-order valence-electron chi connectivity index (χ3n) is 2.63. The molecule has 0 saturated heterocycles. The molecule has 4 aromatic heterocycles. The lowest BCUT2D eigenvalue weighted by molar-refractivity contribution is 1.07. The predicted molar refractivity (Wildman–Crippen MR) is 62.4 cm³/mol. The summed E-state index contributed by atoms with van der Waals surface area (Å²) in [7, 11) is 0. The average molecular weight is 238 g/mol. The van der Waals surface area contributed by atoms with E-state index in [1.54, 1.807) is 24.8 Å². The Hall–Kier alpha value is -2.90. The number of H-pyrrole nitrogens is 2. The summed E-state index contributed by atoms with van der Waals surface area (Å²) >= 11 is 0. The first kappa shape index (κ1) is 9.16. The molecule has 0 aromatic carbocycles. The molecular weight excluding hydrogens is 232 g/mol. The second kappa shape index (κ2) is 3.29. The zero-order valence-electron chi connectivity index (χ0n) is 8.99. The van der Waals surface area contributed by atoms with E-state index in [1.807, 2.05) is 0 Å². The number of rotatable bonds is 1. The molecule has 0 unspecified atom stereocenters. The number of aromatic nitrogens is 8. The molecule has 4 rings (SSSR count). The van der Waals surface area contributed by atoms with Gasteiger partial charge in [-0.25, -0.2) is 19.9 Å². The van der Waals surface area contributed by atoms with Gasteiger partial charge < -0.3 is 0 Å². The summed E-state index contributed by atoms with van der Waals surface area (Å²) in [4.78, 5) is 16.7. The molecule has 0 fully saturated rings. The first-order valence-electron chi connectivity index (χ1n) is 5.24. The Bertz CT molecular complexity index is 773. The van der Waals surface area contributed by atoms with E-state index in [9.17, 15) is 0 Å². The smallest absolute Gasteiger partial charge is 0.200 e. The zero-order valence-corrected chi connectivity index (χ0v) is 8.99. The number of nitrogens with one attached hydrogen (secondary N) is 2. The van der Waals surface area contributed by atoms with Crippen LogP contribution in [-0.4, -0.2) is 40.3 Å². The summed E-state index contributed by atoms with van der Waals surface area (Å²) in [6, 6.07) is 0. The predicted octanol–water partition coefficient (Wildman–Crippen LogP) is 0.686. The third kappa shape index (κ3) is 1.14. The second-order valence-corrected chi connectivity index (χ2v) is 3.65. The van der Waals surface area contributed by atoms with Crippen molar-refractivity contribution < 1.29 is 0 Å². The van der Waals surface area contributed by atoms with Crippen molar-refractivity contribution in [3.05, 3.63) is 24.8 Å². The summed E-state index contributed by atoms with van der Waals surface area (Å²) < 4.78 is 0. The van der Waals surface area contributed by atoms with Crippen LogP contribution in [-0.2, 0) is 0 Å². The van der Waals surface area contributed by atoms with Crippen molar-refractivity contribution in [1.82, 2.24) is 40.3 Å². The molecular formula is C10H6N8. The minimum absolute atomic E-state index is 0.555. The van der Waals surface area contributed by atoms with Gasteiger partial charge in [0.15, 0.2) is 11.3 Å². The van der Waals surface area contributed by atoms with E-state index in [0.717, 1.165) is 0 Å². The average Bonchev–Trinajstić information content (AvgIpc) is 3.01. The highest BCUT2D eigenvalue weighted by molar-refractivity contribution is 5.95. The normalized spacial score (nSPS) is 11.3. The molecule has 8 nitrogen and oxygen atoms in total. The van der Waals surface area contributed by atoms with E-state index in [1.165, 1.54) is 0 Å². The van der Waals surface area contributed by atoms with Gasteiger partial charge in [0.2, 0.25) is 0 Å². The van der Waals surface area contributed by atoms with Crippen LogP contribution >= 0.6 is 0 Å². The summed E-state index contributed by atoms with van der Waals surface area (Å²) in [6.07, 6.45) is 6.42. The van der Waals surface area contributed by atoms with Gasteiger partial charge in [-0.1, -0.05) is 0 Å². The Balaban J connectivity index is 2.08. The largest absolute Gasteiger partial charge is 0.272 e. The molecule has 0 aliphatic rings. The van der Waals surface area contributed by atoms with Crippen LogP contribution in [0.4, 0.5) is 0 Å². The van der Waals surface area contributed by atoms with Crippen LogP contribution in [0, 0.1) is 0 Å². The molecule has 2 N–H and O–H groups in total. The van der Waals surface area contributed by atoms with Crippen LogP contribution in [0.5, 0.6) is 0 Å². The topological polar surface area (TPSA) is 109 Å². The van der Waals surface area contributed by atoms with Gasteiger partial charge in [-0.15, -0.1) is 0 Å². The lowest BCUT2D eigenvalue weighted by atomic mass is 10.2. The molecule has 0 saturated carbocycles. The van der Waals surface area contributed by atoms with Crippen molar-refractivity contribution in [2.45, 2.75) is 0 Å². The number of hydrogen-bond donors (Lipinski definition) is 2. The number of aromatic amines is 2. The maximum absolute atomic E-state index is 4.25. The summed E-state index contributed by atoms with van der Waals surface area (Å²) in [5.41, 5.74) is 3.88. The highest BCUT2D eigenvalue weighted by Gasteiger charge is 2.15. The van der Waals surface area contributed by atoms with Gasteiger partial charge in [-0.3, -0.25) is 10.2 Å². The Morgan fingerprint density at radius 1 is 0.611 bits per heavy atom. The molecule has 0 radical (unpaired) electrons. The third-order valence-corrected chi connectivity index (χ3v) is 2.63. The maximum atomic E-state index is 4.25. The molecule has 0 amide bonds. The van der Waals surface area contributed by atoms with E-state index < -0.39 is 0 Å². The van der Waals surface area contributed by atoms with Crippen LogP contribution in [0.2, 0.25) is 0 Å². The maximum Gasteiger partial charge on any atom is 0.200 e. The van der Waals surface area contributed by atoms with Gasteiger partial charge in [0.1, 0.15) is 22.4 Å². The molecule has 86 valence electrons. The van der Waals surface area contributed by atoms with Crippen LogP contribution in [0.15, 0.2) is 24.8 Å². The summed E-state index contributed by atoms with van der Waals surface area (Å²) in [5, 5.41) is 14.0. The first-order valence-corrected chi connectivity index (χ1v) is 5.24. The molecule has 0 aliphatic carbocycles. The van der Waals surface area contributed by atoms with Gasteiger partial charge in [0.05, 0.1) is 0 Å². The van der Waals surface area contributed by atoms with Crippen LogP contribution in [0.25, 0.3) is 33.7 Å². The highest BCUT2D eigenvalue weighted by atomic mass is 15.2. The van der Waals surface area contributed by atoms with Crippen molar-refractivity contribution >= 4 is 22.3 Å². The Morgan fingerprint density at radius 3 is 1.56 bits per heavy atom. The number of fused-ring (bicyclic) bond motifs is 2. The zero-order chi connectivity index (χ0) is 11.9. The first-order chi connectivity index (χ1) is 8.93. The lowest BCUT2D eigenvalue weighted by Crippen LogP contribution is -1.84. The van der Waals surface area contributed by atoms with Crippen molar-refractivity contribution in [3.8, 4) is 11.4 Å². The van der Waals surface area contributed by atoms with Gasteiger partial charge in [-0.05, 0) is 0 Å². The van der Waals surface area contributed by atoms with Crippen molar-refractivity contribution in [1.29, 1.82) is 0 Å². The Labute approximate surface area is 99.5 Å². The minimum Gasteiger partial charge on any atom is -0.272 e. The van der Waals surface area contributed by atoms with Crippen molar-refractivity contribution in [2.24, 2.45) is 0 Å². The second-order valence-electron chi connectivity index (χ2n) is 3.65. The Kier molecular flexibility index (Phi) is 1.68. The number of nitrogens with zero attached hydrogens (tertiary/aromatic N) is 6. The Morgan fingerprint density at radius 2 is 1.06 bits per heavy atom. The fourth-order valence-electron chi connectivity index (χ4n) is 1.85. The highest BCUT2D eigenvalue weighted by Crippen LogP contribution is 2.25. The molecule has 4 heterocycles. The fraction of sp³-hybridized carbons (Fsp3) is 0. The SMILES string of the molecule is c1cnc2c(-c3[nH]nc4nccnc34)[nH]nc2n1. The molecule has 8 heteroatoms. The number of hydrogen-bond acceptors (Lipinski definition) is 6. The van der Waals surface area contributed by atoms with Crippen LogP contribution < -0.4 is 0 Å². The molecule has 0 bridgehead atoms. The van der Waals surface area contributed by atoms with Crippen molar-refractivity contribution in [2.75, 3.05) is 0 Å². The molecule has 4 aromatic rings. The van der Waals surface area contributed by atoms with E-state index in [4.69, 9.17) is 0 Å². The fourth-order valence-corrected chi connectivity index (χ4v) is 1.85. The standard InChI is InChI=1S/C10H6N8/c1-3-13-9-7(11-1)5(15-17-9)6-8-10(18-16-6)14-4-2-12-8/h1-4H,(H,13,15,17)(H,14,16,18). The van der Waals surface area contributed by atoms with Gasteiger partial charge >= 0.3 is 0 Å². The summed E-state index contributed by atoms with van der Waals surface area (Å²) in [5.74, 6) is 0. The van der Waals surface area contributed by atoms with Gasteiger partial charge in [0.25, 0.3) is 0 Å². The van der Waals surface area contributed by atoms with Crippen LogP contribution in [0.1, 0.15) is 0 Å². The van der Waals surface area contributed by atoms with E-state index in [2.05, 4.69) is 40.3 Å². The lowest BCUT2D eigenvalue weighted by Gasteiger charge is -1.93. The molecule has 0 aliphatic heterocycles. The molecule has 0 spiro atoms. The van der Waals surface area contributed by atoms with Crippen molar-refractivity contribution in [3.63, 3.8) is 0 Å². The quantitative estimate of drug-likeness (QED) is 0.505. The summed E-state index contributed by atoms with van der Waals surface area (Å²) in [6.45, 7) is 0. The molecule has 0 atom stereocenters. The van der Waals surface area contributed by atoms with Crippen LogP contribution in [0.3, 0.4) is 0 Å². The van der Waals surface area contributed by atoms with Gasteiger partial charge in [-0.2, -0.15) is 10.2 Å².